The summed E-state index contributed by atoms with van der Waals surface area (Å²) < 4.78 is 14.4. The molecule has 2 aromatic rings. The molecule has 0 bridgehead atoms. The van der Waals surface area contributed by atoms with Crippen LogP contribution in [0.2, 0.25) is 5.02 Å². The van der Waals surface area contributed by atoms with Crippen molar-refractivity contribution in [1.29, 1.82) is 0 Å². The molecule has 154 valence electrons. The predicted molar refractivity (Wildman–Crippen MR) is 125 cm³/mol. The molecule has 0 radical (unpaired) electrons. The van der Waals surface area contributed by atoms with Crippen LogP contribution in [0.5, 0.6) is 0 Å². The van der Waals surface area contributed by atoms with E-state index in [2.05, 4.69) is 54.4 Å². The summed E-state index contributed by atoms with van der Waals surface area (Å²) in [7, 11) is 0. The number of hydrogen-bond donors (Lipinski definition) is 0. The Hall–Kier alpha value is -1.54. The van der Waals surface area contributed by atoms with Crippen molar-refractivity contribution < 1.29 is 4.39 Å². The average Bonchev–Trinajstić information content (AvgIpc) is 2.71. The van der Waals surface area contributed by atoms with E-state index < -0.39 is 5.82 Å². The van der Waals surface area contributed by atoms with Crippen molar-refractivity contribution in [3.05, 3.63) is 52.3 Å². The van der Waals surface area contributed by atoms with Gasteiger partial charge in [0.05, 0.1) is 10.2 Å². The highest BCUT2D eigenvalue weighted by atomic mass is 35.5. The van der Waals surface area contributed by atoms with E-state index in [1.54, 1.807) is 6.07 Å². The highest BCUT2D eigenvalue weighted by Gasteiger charge is 2.22. The maximum absolute atomic E-state index is 14.4. The minimum absolute atomic E-state index is 0.0513. The fraction of sp³-hybridized carbons (Fsp3) is 0.480. The van der Waals surface area contributed by atoms with Gasteiger partial charge in [-0.1, -0.05) is 62.4 Å². The van der Waals surface area contributed by atoms with Gasteiger partial charge in [0.1, 0.15) is 5.69 Å². The third-order valence-electron chi connectivity index (χ3n) is 6.27. The summed E-state index contributed by atoms with van der Waals surface area (Å²) in [4.78, 5) is 3.73. The monoisotopic (exact) mass is 429 g/mol. The van der Waals surface area contributed by atoms with Gasteiger partial charge in [-0.2, -0.15) is 4.99 Å². The Labute approximate surface area is 184 Å². The quantitative estimate of drug-likeness (QED) is 0.243. The Kier molecular flexibility index (Phi) is 8.00. The van der Waals surface area contributed by atoms with E-state index in [0.717, 1.165) is 22.6 Å². The van der Waals surface area contributed by atoms with Gasteiger partial charge in [0.25, 0.3) is 0 Å². The fourth-order valence-corrected chi connectivity index (χ4v) is 4.95. The standard InChI is InChI=1S/C25H29ClFNS/c1-3-4-5-6-18-7-9-19(10-8-18)20-11-12-22(17(2)13-20)21-14-23(26)25(28-16-29)24(27)15-21/h11-15,18-19H,3-10H2,1-2H3. The van der Waals surface area contributed by atoms with Gasteiger partial charge in [0.15, 0.2) is 5.82 Å². The minimum atomic E-state index is -0.477. The highest BCUT2D eigenvalue weighted by molar-refractivity contribution is 7.78. The van der Waals surface area contributed by atoms with Crippen molar-refractivity contribution in [2.75, 3.05) is 0 Å². The van der Waals surface area contributed by atoms with Crippen LogP contribution >= 0.6 is 23.8 Å². The van der Waals surface area contributed by atoms with Crippen LogP contribution < -0.4 is 0 Å². The zero-order valence-corrected chi connectivity index (χ0v) is 18.9. The van der Waals surface area contributed by atoms with E-state index in [9.17, 15) is 4.39 Å². The smallest absolute Gasteiger partial charge is 0.151 e. The van der Waals surface area contributed by atoms with Gasteiger partial charge in [-0.25, -0.2) is 4.39 Å². The topological polar surface area (TPSA) is 12.4 Å². The molecule has 2 aromatic carbocycles. The zero-order chi connectivity index (χ0) is 20.8. The molecule has 4 heteroatoms. The number of nitrogens with zero attached hydrogens (tertiary/aromatic N) is 1. The minimum Gasteiger partial charge on any atom is -0.205 e. The summed E-state index contributed by atoms with van der Waals surface area (Å²) in [5, 5.41) is 2.43. The van der Waals surface area contributed by atoms with Crippen molar-refractivity contribution in [1.82, 2.24) is 0 Å². The molecule has 0 unspecified atom stereocenters. The SMILES string of the molecule is CCCCCC1CCC(c2ccc(-c3cc(F)c(N=C=S)c(Cl)c3)c(C)c2)CC1. The number of aliphatic imine (C=N–C) groups is 1. The Balaban J connectivity index is 1.72. The first-order valence-corrected chi connectivity index (χ1v) is 11.5. The average molecular weight is 430 g/mol. The first-order chi connectivity index (χ1) is 14.0. The second-order valence-electron chi connectivity index (χ2n) is 8.28. The molecule has 0 aliphatic heterocycles. The van der Waals surface area contributed by atoms with Crippen molar-refractivity contribution >= 4 is 34.7 Å². The van der Waals surface area contributed by atoms with Crippen molar-refractivity contribution in [3.8, 4) is 11.1 Å². The maximum atomic E-state index is 14.4. The predicted octanol–water partition coefficient (Wildman–Crippen LogP) is 9.04. The van der Waals surface area contributed by atoms with Gasteiger partial charge in [-0.05, 0) is 91.0 Å². The van der Waals surface area contributed by atoms with E-state index in [1.165, 1.54) is 63.0 Å². The Morgan fingerprint density at radius 1 is 1.14 bits per heavy atom. The van der Waals surface area contributed by atoms with E-state index in [-0.39, 0.29) is 10.7 Å². The second kappa shape index (κ2) is 10.5. The van der Waals surface area contributed by atoms with Crippen LogP contribution in [0.25, 0.3) is 11.1 Å². The lowest BCUT2D eigenvalue weighted by Crippen LogP contribution is -2.13. The summed E-state index contributed by atoms with van der Waals surface area (Å²) in [6.45, 7) is 4.36. The van der Waals surface area contributed by atoms with Crippen LogP contribution in [0, 0.1) is 18.7 Å². The van der Waals surface area contributed by atoms with Gasteiger partial charge >= 0.3 is 0 Å². The number of aryl methyl sites for hydroxylation is 1. The molecule has 0 atom stereocenters. The lowest BCUT2D eigenvalue weighted by Gasteiger charge is -2.29. The number of hydrogen-bond acceptors (Lipinski definition) is 2. The molecule has 1 saturated carbocycles. The number of isothiocyanates is 1. The molecule has 29 heavy (non-hydrogen) atoms. The van der Waals surface area contributed by atoms with E-state index in [0.29, 0.717) is 5.92 Å². The highest BCUT2D eigenvalue weighted by Crippen LogP contribution is 2.40. The normalized spacial score (nSPS) is 19.0. The molecule has 0 N–H and O–H groups in total. The number of unbranched alkanes of at least 4 members (excludes halogenated alkanes) is 2. The molecule has 1 aliphatic carbocycles. The molecule has 0 saturated heterocycles. The van der Waals surface area contributed by atoms with Gasteiger partial charge < -0.3 is 0 Å². The number of halogens is 2. The lowest BCUT2D eigenvalue weighted by molar-refractivity contribution is 0.303. The number of rotatable bonds is 7. The van der Waals surface area contributed by atoms with Crippen LogP contribution in [-0.4, -0.2) is 5.16 Å². The Morgan fingerprint density at radius 3 is 2.52 bits per heavy atom. The first-order valence-electron chi connectivity index (χ1n) is 10.7. The second-order valence-corrected chi connectivity index (χ2v) is 8.87. The zero-order valence-electron chi connectivity index (χ0n) is 17.3. The molecular weight excluding hydrogens is 401 g/mol. The van der Waals surface area contributed by atoms with Crippen LogP contribution in [0.3, 0.4) is 0 Å². The summed E-state index contributed by atoms with van der Waals surface area (Å²) in [6, 6.07) is 9.80. The lowest BCUT2D eigenvalue weighted by atomic mass is 9.76. The summed E-state index contributed by atoms with van der Waals surface area (Å²) >= 11 is 10.8. The van der Waals surface area contributed by atoms with E-state index in [4.69, 9.17) is 11.6 Å². The van der Waals surface area contributed by atoms with Crippen LogP contribution in [0.1, 0.15) is 75.3 Å². The Bertz CT molecular complexity index is 873. The van der Waals surface area contributed by atoms with Crippen LogP contribution in [0.4, 0.5) is 10.1 Å². The molecule has 0 amide bonds. The molecule has 3 rings (SSSR count). The Morgan fingerprint density at radius 2 is 1.90 bits per heavy atom. The van der Waals surface area contributed by atoms with E-state index in [1.807, 2.05) is 0 Å². The van der Waals surface area contributed by atoms with Crippen molar-refractivity contribution in [2.45, 2.75) is 71.1 Å². The molecule has 0 heterocycles. The summed E-state index contributed by atoms with van der Waals surface area (Å²) in [6.07, 6.45) is 10.7. The summed E-state index contributed by atoms with van der Waals surface area (Å²) in [5.41, 5.74) is 4.37. The van der Waals surface area contributed by atoms with E-state index >= 15 is 0 Å². The molecule has 0 spiro atoms. The first kappa shape index (κ1) is 22.2. The van der Waals surface area contributed by atoms with Gasteiger partial charge in [0.2, 0.25) is 0 Å². The molecular formula is C25H29ClFNS. The fourth-order valence-electron chi connectivity index (χ4n) is 4.61. The number of benzene rings is 2. The van der Waals surface area contributed by atoms with Crippen LogP contribution in [-0.2, 0) is 0 Å². The van der Waals surface area contributed by atoms with Crippen molar-refractivity contribution in [2.24, 2.45) is 10.9 Å². The molecule has 0 aromatic heterocycles. The third-order valence-corrected chi connectivity index (χ3v) is 6.65. The summed E-state index contributed by atoms with van der Waals surface area (Å²) in [5.74, 6) is 1.08. The molecule has 1 fully saturated rings. The van der Waals surface area contributed by atoms with Crippen LogP contribution in [0.15, 0.2) is 35.3 Å². The number of thiocarbonyl (C=S) groups is 1. The largest absolute Gasteiger partial charge is 0.205 e. The maximum Gasteiger partial charge on any atom is 0.151 e. The molecule has 1 aliphatic rings. The van der Waals surface area contributed by atoms with Gasteiger partial charge in [-0.15, -0.1) is 0 Å². The van der Waals surface area contributed by atoms with Crippen molar-refractivity contribution in [3.63, 3.8) is 0 Å². The van der Waals surface area contributed by atoms with Gasteiger partial charge in [-0.3, -0.25) is 0 Å². The molecule has 1 nitrogen and oxygen atoms in total. The third kappa shape index (κ3) is 5.54. The van der Waals surface area contributed by atoms with Gasteiger partial charge in [0, 0.05) is 0 Å².